The summed E-state index contributed by atoms with van der Waals surface area (Å²) in [6.07, 6.45) is 3.29. The van der Waals surface area contributed by atoms with E-state index in [1.807, 2.05) is 18.2 Å². The first-order valence-corrected chi connectivity index (χ1v) is 9.76. The molecule has 2 N–H and O–H groups in total. The summed E-state index contributed by atoms with van der Waals surface area (Å²) in [5.41, 5.74) is 1.01. The summed E-state index contributed by atoms with van der Waals surface area (Å²) in [7, 11) is 0. The number of amides is 2. The second-order valence-corrected chi connectivity index (χ2v) is 7.49. The van der Waals surface area contributed by atoms with Crippen molar-refractivity contribution in [1.29, 1.82) is 0 Å². The van der Waals surface area contributed by atoms with Crippen molar-refractivity contribution in [3.05, 3.63) is 23.8 Å². The molecule has 0 aromatic heterocycles. The van der Waals surface area contributed by atoms with E-state index in [1.165, 1.54) is 19.4 Å². The Kier molecular flexibility index (Phi) is 6.61. The molecule has 26 heavy (non-hydrogen) atoms. The Balaban J connectivity index is 1.42. The minimum atomic E-state index is -0.112. The van der Waals surface area contributed by atoms with Gasteiger partial charge in [0.1, 0.15) is 0 Å². The molecule has 144 valence electrons. The van der Waals surface area contributed by atoms with Gasteiger partial charge in [-0.05, 0) is 56.8 Å². The van der Waals surface area contributed by atoms with Crippen molar-refractivity contribution in [1.82, 2.24) is 15.5 Å². The molecule has 2 aliphatic heterocycles. The zero-order valence-corrected chi connectivity index (χ0v) is 15.9. The van der Waals surface area contributed by atoms with Gasteiger partial charge in [-0.2, -0.15) is 0 Å². The number of likely N-dealkylation sites (tertiary alicyclic amines) is 1. The van der Waals surface area contributed by atoms with E-state index in [1.54, 1.807) is 0 Å². The second-order valence-electron chi connectivity index (χ2n) is 7.49. The molecule has 2 aliphatic rings. The number of rotatable bonds is 5. The summed E-state index contributed by atoms with van der Waals surface area (Å²) in [5.74, 6) is 2.08. The Hall–Kier alpha value is -1.95. The molecule has 0 spiro atoms. The lowest BCUT2D eigenvalue weighted by Crippen LogP contribution is -2.45. The molecule has 3 rings (SSSR count). The fourth-order valence-electron chi connectivity index (χ4n) is 3.53. The topological polar surface area (TPSA) is 62.8 Å². The highest BCUT2D eigenvalue weighted by Crippen LogP contribution is 2.30. The smallest absolute Gasteiger partial charge is 0.315 e. The van der Waals surface area contributed by atoms with Crippen molar-refractivity contribution in [3.8, 4) is 11.5 Å². The minimum absolute atomic E-state index is 0.112. The number of nitrogens with one attached hydrogen (secondary N) is 2. The van der Waals surface area contributed by atoms with Crippen molar-refractivity contribution in [2.24, 2.45) is 5.92 Å². The number of carbonyl (C=O) groups excluding carboxylic acids is 1. The fourth-order valence-corrected chi connectivity index (χ4v) is 3.53. The molecule has 6 nitrogen and oxygen atoms in total. The first kappa shape index (κ1) is 18.8. The molecular weight excluding hydrogens is 330 g/mol. The van der Waals surface area contributed by atoms with E-state index in [2.05, 4.69) is 29.4 Å². The third kappa shape index (κ3) is 5.27. The number of urea groups is 1. The van der Waals surface area contributed by atoms with E-state index in [0.29, 0.717) is 31.7 Å². The summed E-state index contributed by atoms with van der Waals surface area (Å²) in [5, 5.41) is 5.96. The Bertz CT molecular complexity index is 606. The minimum Gasteiger partial charge on any atom is -0.490 e. The van der Waals surface area contributed by atoms with Gasteiger partial charge >= 0.3 is 6.03 Å². The number of carbonyl (C=O) groups is 1. The van der Waals surface area contributed by atoms with Crippen molar-refractivity contribution < 1.29 is 14.3 Å². The number of hydrogen-bond donors (Lipinski definition) is 2. The van der Waals surface area contributed by atoms with E-state index < -0.39 is 0 Å². The first-order chi connectivity index (χ1) is 12.6. The molecule has 1 atom stereocenters. The molecule has 0 saturated carbocycles. The number of hydrogen-bond acceptors (Lipinski definition) is 4. The van der Waals surface area contributed by atoms with Gasteiger partial charge in [0.2, 0.25) is 0 Å². The molecule has 0 bridgehead atoms. The molecule has 2 amide bonds. The zero-order chi connectivity index (χ0) is 18.4. The van der Waals surface area contributed by atoms with Crippen LogP contribution in [-0.2, 0) is 6.54 Å². The van der Waals surface area contributed by atoms with Gasteiger partial charge in [-0.3, -0.25) is 0 Å². The summed E-state index contributed by atoms with van der Waals surface area (Å²) < 4.78 is 11.3. The largest absolute Gasteiger partial charge is 0.490 e. The normalized spacial score (nSPS) is 20.5. The molecule has 6 heteroatoms. The SMILES string of the molecule is CC(C)N1CCCC(CNC(=O)NCc2ccc3c(c2)OCCCO3)C1. The van der Waals surface area contributed by atoms with Crippen molar-refractivity contribution in [3.63, 3.8) is 0 Å². The monoisotopic (exact) mass is 361 g/mol. The number of nitrogens with zero attached hydrogens (tertiary/aromatic N) is 1. The molecule has 1 unspecified atom stereocenters. The molecule has 1 saturated heterocycles. The zero-order valence-electron chi connectivity index (χ0n) is 15.9. The average molecular weight is 361 g/mol. The molecule has 0 radical (unpaired) electrons. The standard InChI is InChI=1S/C20H31N3O3/c1-15(2)23-8-3-5-17(14-23)13-22-20(24)21-12-16-6-7-18-19(11-16)26-10-4-9-25-18/h6-7,11,15,17H,3-5,8-10,12-14H2,1-2H3,(H2,21,22,24). The van der Waals surface area contributed by atoms with Gasteiger partial charge in [0.25, 0.3) is 0 Å². The van der Waals surface area contributed by atoms with Crippen LogP contribution < -0.4 is 20.1 Å². The quantitative estimate of drug-likeness (QED) is 0.847. The summed E-state index contributed by atoms with van der Waals surface area (Å²) in [6, 6.07) is 6.29. The van der Waals surface area contributed by atoms with Crippen LogP contribution in [0, 0.1) is 5.92 Å². The number of piperidine rings is 1. The molecule has 1 aromatic rings. The Morgan fingerprint density at radius 3 is 2.81 bits per heavy atom. The maximum atomic E-state index is 12.1. The van der Waals surface area contributed by atoms with Crippen LogP contribution in [0.4, 0.5) is 4.79 Å². The van der Waals surface area contributed by atoms with Gasteiger partial charge in [0, 0.05) is 32.1 Å². The average Bonchev–Trinajstić information content (AvgIpc) is 2.89. The summed E-state index contributed by atoms with van der Waals surface area (Å²) >= 11 is 0. The lowest BCUT2D eigenvalue weighted by atomic mass is 9.97. The van der Waals surface area contributed by atoms with Crippen LogP contribution in [0.5, 0.6) is 11.5 Å². The molecular formula is C20H31N3O3. The lowest BCUT2D eigenvalue weighted by molar-refractivity contribution is 0.139. The maximum Gasteiger partial charge on any atom is 0.315 e. The van der Waals surface area contributed by atoms with Gasteiger partial charge < -0.3 is 25.0 Å². The van der Waals surface area contributed by atoms with Gasteiger partial charge in [-0.25, -0.2) is 4.79 Å². The van der Waals surface area contributed by atoms with E-state index >= 15 is 0 Å². The third-order valence-electron chi connectivity index (χ3n) is 5.10. The predicted octanol–water partition coefficient (Wildman–Crippen LogP) is 2.77. The van der Waals surface area contributed by atoms with E-state index in [4.69, 9.17) is 9.47 Å². The van der Waals surface area contributed by atoms with Crippen LogP contribution in [0.1, 0.15) is 38.7 Å². The van der Waals surface area contributed by atoms with Crippen LogP contribution in [0.25, 0.3) is 0 Å². The van der Waals surface area contributed by atoms with Crippen LogP contribution in [-0.4, -0.2) is 49.8 Å². The number of ether oxygens (including phenoxy) is 2. The van der Waals surface area contributed by atoms with E-state index in [0.717, 1.165) is 36.6 Å². The molecule has 2 heterocycles. The summed E-state index contributed by atoms with van der Waals surface area (Å²) in [4.78, 5) is 14.6. The number of fused-ring (bicyclic) bond motifs is 1. The maximum absolute atomic E-state index is 12.1. The Morgan fingerprint density at radius 1 is 1.19 bits per heavy atom. The number of benzene rings is 1. The van der Waals surface area contributed by atoms with E-state index in [9.17, 15) is 4.79 Å². The Labute approximate surface area is 156 Å². The van der Waals surface area contributed by atoms with Crippen molar-refractivity contribution >= 4 is 6.03 Å². The first-order valence-electron chi connectivity index (χ1n) is 9.76. The second kappa shape index (κ2) is 9.12. The summed E-state index contributed by atoms with van der Waals surface area (Å²) in [6.45, 7) is 9.27. The van der Waals surface area contributed by atoms with E-state index in [-0.39, 0.29) is 6.03 Å². The highest BCUT2D eigenvalue weighted by atomic mass is 16.5. The lowest BCUT2D eigenvalue weighted by Gasteiger charge is -2.35. The molecule has 1 aromatic carbocycles. The van der Waals surface area contributed by atoms with Crippen LogP contribution >= 0.6 is 0 Å². The van der Waals surface area contributed by atoms with Crippen molar-refractivity contribution in [2.45, 2.75) is 45.7 Å². The molecule has 1 fully saturated rings. The molecule has 0 aliphatic carbocycles. The predicted molar refractivity (Wildman–Crippen MR) is 102 cm³/mol. The fraction of sp³-hybridized carbons (Fsp3) is 0.650. The van der Waals surface area contributed by atoms with Gasteiger partial charge in [0.15, 0.2) is 11.5 Å². The van der Waals surface area contributed by atoms with Crippen LogP contribution in [0.15, 0.2) is 18.2 Å². The third-order valence-corrected chi connectivity index (χ3v) is 5.10. The van der Waals surface area contributed by atoms with Gasteiger partial charge in [0.05, 0.1) is 13.2 Å². The highest BCUT2D eigenvalue weighted by Gasteiger charge is 2.21. The highest BCUT2D eigenvalue weighted by molar-refractivity contribution is 5.73. The van der Waals surface area contributed by atoms with Gasteiger partial charge in [-0.1, -0.05) is 6.07 Å². The Morgan fingerprint density at radius 2 is 2.00 bits per heavy atom. The van der Waals surface area contributed by atoms with Crippen molar-refractivity contribution in [2.75, 3.05) is 32.8 Å². The van der Waals surface area contributed by atoms with Gasteiger partial charge in [-0.15, -0.1) is 0 Å². The van der Waals surface area contributed by atoms with Crippen LogP contribution in [0.3, 0.4) is 0 Å². The van der Waals surface area contributed by atoms with Crippen LogP contribution in [0.2, 0.25) is 0 Å².